The molecule has 0 spiro atoms. The van der Waals surface area contributed by atoms with Crippen LogP contribution in [0.2, 0.25) is 0 Å². The van der Waals surface area contributed by atoms with Gasteiger partial charge in [0.15, 0.2) is 5.82 Å². The summed E-state index contributed by atoms with van der Waals surface area (Å²) in [6.45, 7) is 2.69. The molecule has 0 unspecified atom stereocenters. The minimum absolute atomic E-state index is 0.274. The molecule has 2 N–H and O–H groups in total. The van der Waals surface area contributed by atoms with E-state index in [-0.39, 0.29) is 6.61 Å². The highest BCUT2D eigenvalue weighted by molar-refractivity contribution is 5.32. The Kier molecular flexibility index (Phi) is 4.91. The Morgan fingerprint density at radius 1 is 0.833 bits per heavy atom. The Labute approximate surface area is 141 Å². The van der Waals surface area contributed by atoms with E-state index in [1.807, 2.05) is 61.5 Å². The van der Waals surface area contributed by atoms with Crippen molar-refractivity contribution >= 4 is 5.82 Å². The number of nitrogens with two attached hydrogens (primary N) is 1. The predicted octanol–water partition coefficient (Wildman–Crippen LogP) is 3.53. The molecule has 24 heavy (non-hydrogen) atoms. The zero-order chi connectivity index (χ0) is 16.8. The van der Waals surface area contributed by atoms with Crippen molar-refractivity contribution < 1.29 is 9.47 Å². The number of anilines is 1. The van der Waals surface area contributed by atoms with Crippen molar-refractivity contribution in [3.8, 4) is 11.5 Å². The first kappa shape index (κ1) is 15.8. The fourth-order valence-corrected chi connectivity index (χ4v) is 2.24. The van der Waals surface area contributed by atoms with Gasteiger partial charge in [-0.1, -0.05) is 30.3 Å². The Morgan fingerprint density at radius 2 is 1.46 bits per heavy atom. The van der Waals surface area contributed by atoms with Gasteiger partial charge in [-0.3, -0.25) is 0 Å². The van der Waals surface area contributed by atoms with E-state index < -0.39 is 0 Å². The van der Waals surface area contributed by atoms with Crippen LogP contribution in [0.25, 0.3) is 0 Å². The molecule has 0 bridgehead atoms. The molecule has 122 valence electrons. The molecule has 0 aliphatic heterocycles. The topological polar surface area (TPSA) is 70.3 Å². The van der Waals surface area contributed by atoms with Crippen LogP contribution in [0.3, 0.4) is 0 Å². The molecule has 2 aromatic carbocycles. The first-order valence-corrected chi connectivity index (χ1v) is 7.69. The predicted molar refractivity (Wildman–Crippen MR) is 92.7 cm³/mol. The molecule has 0 fully saturated rings. The summed E-state index contributed by atoms with van der Waals surface area (Å²) in [5, 5.41) is 0. The molecule has 0 atom stereocenters. The smallest absolute Gasteiger partial charge is 0.168 e. The van der Waals surface area contributed by atoms with Crippen LogP contribution in [0.15, 0.2) is 60.7 Å². The van der Waals surface area contributed by atoms with Crippen molar-refractivity contribution in [2.24, 2.45) is 0 Å². The normalized spacial score (nSPS) is 10.4. The van der Waals surface area contributed by atoms with E-state index in [9.17, 15) is 0 Å². The largest absolute Gasteiger partial charge is 0.489 e. The second kappa shape index (κ2) is 7.46. The third-order valence-corrected chi connectivity index (χ3v) is 3.36. The summed E-state index contributed by atoms with van der Waals surface area (Å²) in [6.07, 6.45) is 0. The molecular formula is C19H19N3O2. The van der Waals surface area contributed by atoms with Gasteiger partial charge in [0.05, 0.1) is 0 Å². The van der Waals surface area contributed by atoms with Gasteiger partial charge in [-0.25, -0.2) is 9.97 Å². The molecule has 0 saturated heterocycles. The van der Waals surface area contributed by atoms with E-state index in [2.05, 4.69) is 9.97 Å². The lowest BCUT2D eigenvalue weighted by molar-refractivity contribution is 0.291. The van der Waals surface area contributed by atoms with Crippen LogP contribution in [0.4, 0.5) is 5.82 Å². The third-order valence-electron chi connectivity index (χ3n) is 3.36. The molecule has 0 saturated carbocycles. The Bertz CT molecular complexity index is 769. The molecule has 1 heterocycles. The third kappa shape index (κ3) is 4.46. The first-order chi connectivity index (χ1) is 11.7. The van der Waals surface area contributed by atoms with E-state index in [0.29, 0.717) is 18.2 Å². The minimum Gasteiger partial charge on any atom is -0.489 e. The number of hydrogen-bond acceptors (Lipinski definition) is 5. The number of ether oxygens (including phenoxy) is 2. The first-order valence-electron chi connectivity index (χ1n) is 7.69. The number of nitrogen functional groups attached to an aromatic ring is 1. The summed E-state index contributed by atoms with van der Waals surface area (Å²) in [7, 11) is 0. The highest BCUT2D eigenvalue weighted by Gasteiger charge is 2.02. The minimum atomic E-state index is 0.274. The summed E-state index contributed by atoms with van der Waals surface area (Å²) >= 11 is 0. The molecule has 0 amide bonds. The standard InChI is InChI=1S/C19H19N3O2/c1-14-11-18(20)22-19(21-14)13-24-17-9-7-16(8-10-17)23-12-15-5-3-2-4-6-15/h2-11H,12-13H2,1H3,(H2,20,21,22). The fourth-order valence-electron chi connectivity index (χ4n) is 2.24. The molecule has 0 aliphatic rings. The van der Waals surface area contributed by atoms with Gasteiger partial charge in [0.2, 0.25) is 0 Å². The summed E-state index contributed by atoms with van der Waals surface area (Å²) in [4.78, 5) is 8.44. The van der Waals surface area contributed by atoms with Gasteiger partial charge in [0.1, 0.15) is 30.5 Å². The van der Waals surface area contributed by atoms with Crippen molar-refractivity contribution in [1.82, 2.24) is 9.97 Å². The lowest BCUT2D eigenvalue weighted by Crippen LogP contribution is -2.05. The number of aromatic nitrogens is 2. The maximum atomic E-state index is 5.74. The number of nitrogens with zero attached hydrogens (tertiary/aromatic N) is 2. The maximum absolute atomic E-state index is 5.74. The van der Waals surface area contributed by atoms with E-state index >= 15 is 0 Å². The Balaban J connectivity index is 1.54. The Hall–Kier alpha value is -3.08. The quantitative estimate of drug-likeness (QED) is 0.752. The van der Waals surface area contributed by atoms with Gasteiger partial charge in [-0.15, -0.1) is 0 Å². The number of aryl methyl sites for hydroxylation is 1. The molecule has 5 nitrogen and oxygen atoms in total. The van der Waals surface area contributed by atoms with Crippen molar-refractivity contribution in [1.29, 1.82) is 0 Å². The molecular weight excluding hydrogens is 302 g/mol. The van der Waals surface area contributed by atoms with Gasteiger partial charge in [-0.05, 0) is 36.8 Å². The number of benzene rings is 2. The highest BCUT2D eigenvalue weighted by Crippen LogP contribution is 2.19. The average molecular weight is 321 g/mol. The van der Waals surface area contributed by atoms with Crippen LogP contribution in [-0.4, -0.2) is 9.97 Å². The number of rotatable bonds is 6. The lowest BCUT2D eigenvalue weighted by Gasteiger charge is -2.09. The second-order valence-corrected chi connectivity index (χ2v) is 5.38. The molecule has 5 heteroatoms. The highest BCUT2D eigenvalue weighted by atomic mass is 16.5. The zero-order valence-electron chi connectivity index (χ0n) is 13.5. The lowest BCUT2D eigenvalue weighted by atomic mass is 10.2. The second-order valence-electron chi connectivity index (χ2n) is 5.38. The molecule has 3 aromatic rings. The van der Waals surface area contributed by atoms with E-state index in [0.717, 1.165) is 22.8 Å². The fraction of sp³-hybridized carbons (Fsp3) is 0.158. The molecule has 3 rings (SSSR count). The van der Waals surface area contributed by atoms with Gasteiger partial charge in [0, 0.05) is 11.8 Å². The summed E-state index contributed by atoms with van der Waals surface area (Å²) < 4.78 is 11.4. The van der Waals surface area contributed by atoms with Crippen LogP contribution in [0.5, 0.6) is 11.5 Å². The SMILES string of the molecule is Cc1cc(N)nc(COc2ccc(OCc3ccccc3)cc2)n1. The van der Waals surface area contributed by atoms with E-state index in [1.165, 1.54) is 0 Å². The van der Waals surface area contributed by atoms with Crippen molar-refractivity contribution in [2.75, 3.05) is 5.73 Å². The van der Waals surface area contributed by atoms with Crippen LogP contribution in [-0.2, 0) is 13.2 Å². The van der Waals surface area contributed by atoms with Crippen molar-refractivity contribution in [3.63, 3.8) is 0 Å². The Morgan fingerprint density at radius 3 is 2.08 bits per heavy atom. The molecule has 1 aromatic heterocycles. The van der Waals surface area contributed by atoms with Crippen LogP contribution < -0.4 is 15.2 Å². The average Bonchev–Trinajstić information content (AvgIpc) is 2.59. The van der Waals surface area contributed by atoms with Gasteiger partial charge in [-0.2, -0.15) is 0 Å². The van der Waals surface area contributed by atoms with Crippen molar-refractivity contribution in [2.45, 2.75) is 20.1 Å². The summed E-state index contributed by atoms with van der Waals surface area (Å²) in [6, 6.07) is 19.2. The van der Waals surface area contributed by atoms with Crippen LogP contribution in [0, 0.1) is 6.92 Å². The monoisotopic (exact) mass is 321 g/mol. The van der Waals surface area contributed by atoms with Crippen LogP contribution >= 0.6 is 0 Å². The molecule has 0 radical (unpaired) electrons. The number of hydrogen-bond donors (Lipinski definition) is 1. The van der Waals surface area contributed by atoms with Crippen LogP contribution in [0.1, 0.15) is 17.1 Å². The van der Waals surface area contributed by atoms with Gasteiger partial charge < -0.3 is 15.2 Å². The van der Waals surface area contributed by atoms with E-state index in [4.69, 9.17) is 15.2 Å². The maximum Gasteiger partial charge on any atom is 0.168 e. The molecule has 0 aliphatic carbocycles. The summed E-state index contributed by atoms with van der Waals surface area (Å²) in [5.74, 6) is 2.54. The van der Waals surface area contributed by atoms with Crippen molar-refractivity contribution in [3.05, 3.63) is 77.7 Å². The van der Waals surface area contributed by atoms with Gasteiger partial charge in [0.25, 0.3) is 0 Å². The van der Waals surface area contributed by atoms with E-state index in [1.54, 1.807) is 6.07 Å². The zero-order valence-corrected chi connectivity index (χ0v) is 13.5. The summed E-state index contributed by atoms with van der Waals surface area (Å²) in [5.41, 5.74) is 7.66. The van der Waals surface area contributed by atoms with Gasteiger partial charge >= 0.3 is 0 Å².